The van der Waals surface area contributed by atoms with Crippen molar-refractivity contribution in [3.05, 3.63) is 120 Å². The summed E-state index contributed by atoms with van der Waals surface area (Å²) < 4.78 is 35.2. The highest BCUT2D eigenvalue weighted by molar-refractivity contribution is 6.10. The molecule has 6 aliphatic rings. The lowest BCUT2D eigenvalue weighted by Crippen LogP contribution is -2.57. The van der Waals surface area contributed by atoms with E-state index in [1.165, 1.54) is 0 Å². The lowest BCUT2D eigenvalue weighted by Gasteiger charge is -2.53. The molecule has 5 heterocycles. The van der Waals surface area contributed by atoms with Gasteiger partial charge in [0.15, 0.2) is 13.2 Å². The number of hydrogen-bond donors (Lipinski definition) is 0. The zero-order valence-electron chi connectivity index (χ0n) is 27.2. The second kappa shape index (κ2) is 11.4. The Labute approximate surface area is 295 Å². The minimum atomic E-state index is -0.702. The van der Waals surface area contributed by atoms with Crippen molar-refractivity contribution in [2.45, 2.75) is 11.8 Å². The molecule has 0 N–H and O–H groups in total. The molecule has 1 fully saturated rings. The Morgan fingerprint density at radius 3 is 1.33 bits per heavy atom. The summed E-state index contributed by atoms with van der Waals surface area (Å²) in [4.78, 5) is 53.4. The van der Waals surface area contributed by atoms with E-state index in [1.54, 1.807) is 48.5 Å². The van der Waals surface area contributed by atoms with Crippen LogP contribution in [0.2, 0.25) is 0 Å². The molecule has 5 aliphatic heterocycles. The number of hydrogen-bond acceptors (Lipinski definition) is 10. The highest BCUT2D eigenvalue weighted by Crippen LogP contribution is 2.65. The van der Waals surface area contributed by atoms with Crippen LogP contribution in [0.15, 0.2) is 109 Å². The van der Waals surface area contributed by atoms with E-state index in [9.17, 15) is 19.2 Å². The van der Waals surface area contributed by atoms with E-state index in [0.29, 0.717) is 34.1 Å². The lowest BCUT2D eigenvalue weighted by molar-refractivity contribution is -0.165. The summed E-state index contributed by atoms with van der Waals surface area (Å²) in [6, 6.07) is 32.6. The summed E-state index contributed by atoms with van der Waals surface area (Å²) in [6.07, 6.45) is 0. The van der Waals surface area contributed by atoms with Crippen LogP contribution in [0.4, 0.5) is 0 Å². The highest BCUT2D eigenvalue weighted by Gasteiger charge is 2.64. The summed E-state index contributed by atoms with van der Waals surface area (Å²) in [6.45, 7) is -0.905. The van der Waals surface area contributed by atoms with E-state index in [0.717, 1.165) is 32.7 Å². The highest BCUT2D eigenvalue weighted by atomic mass is 16.6. The Bertz CT molecular complexity index is 2380. The number of carbonyl (C=O) groups is 4. The number of esters is 4. The monoisotopic (exact) mass is 690 g/mol. The lowest BCUT2D eigenvalue weighted by atomic mass is 9.51. The molecule has 0 saturated heterocycles. The van der Waals surface area contributed by atoms with Gasteiger partial charge in [0.1, 0.15) is 34.5 Å². The molecule has 0 aromatic heterocycles. The standard InChI is InChI=1S/C42H26O10/c43-33-19-47-23-11-13-27-31(17-23)51-41(45)39-37(27)38-28-14-12-24(18-32(28)52-42(46)40(38)39)48-20-34(44)50-30-16-10-22-6-2-4-8-26(22)36(30)35-25-7-3-1-5-21(25)9-15-29(35)49-33/h1-18,37-40H,19-20H2. The molecule has 1 aliphatic carbocycles. The van der Waals surface area contributed by atoms with Crippen LogP contribution in [0.5, 0.6) is 34.5 Å². The van der Waals surface area contributed by atoms with Gasteiger partial charge in [0.05, 0.1) is 11.8 Å². The average Bonchev–Trinajstić information content (AvgIpc) is 3.13. The molecule has 52 heavy (non-hydrogen) atoms. The number of carbonyl (C=O) groups excluding carboxylic acids is 4. The van der Waals surface area contributed by atoms with Crippen molar-refractivity contribution in [3.63, 3.8) is 0 Å². The van der Waals surface area contributed by atoms with Gasteiger partial charge in [0.2, 0.25) is 0 Å². The van der Waals surface area contributed by atoms with Gasteiger partial charge in [0, 0.05) is 35.1 Å². The fourth-order valence-corrected chi connectivity index (χ4v) is 8.18. The van der Waals surface area contributed by atoms with Gasteiger partial charge in [-0.2, -0.15) is 0 Å². The smallest absolute Gasteiger partial charge is 0.349 e. The molecule has 0 amide bonds. The third-order valence-electron chi connectivity index (χ3n) is 10.4. The van der Waals surface area contributed by atoms with E-state index in [4.69, 9.17) is 28.4 Å². The van der Waals surface area contributed by atoms with Gasteiger partial charge in [0.25, 0.3) is 0 Å². The summed E-state index contributed by atoms with van der Waals surface area (Å²) >= 11 is 0. The SMILES string of the molecule is O=C1COc2ccc3c(c2)OC(=O)C2C4C(=O)Oc5cc(ccc5C4C32)OCC(=O)Oc2ccc3ccccc3c2-c2c(ccc3ccccc23)O1. The molecule has 6 aromatic carbocycles. The first-order chi connectivity index (χ1) is 25.4. The third kappa shape index (κ3) is 4.64. The van der Waals surface area contributed by atoms with Crippen LogP contribution in [-0.2, 0) is 19.2 Å². The average molecular weight is 691 g/mol. The molecule has 4 unspecified atom stereocenters. The summed E-state index contributed by atoms with van der Waals surface area (Å²) in [5, 5.41) is 3.29. The van der Waals surface area contributed by atoms with Gasteiger partial charge in [-0.15, -0.1) is 0 Å². The Balaban J connectivity index is 1.11. The van der Waals surface area contributed by atoms with E-state index >= 15 is 0 Å². The predicted octanol–water partition coefficient (Wildman–Crippen LogP) is 6.89. The third-order valence-corrected chi connectivity index (χ3v) is 10.4. The molecule has 6 aromatic rings. The van der Waals surface area contributed by atoms with Crippen molar-refractivity contribution < 1.29 is 47.6 Å². The van der Waals surface area contributed by atoms with Crippen molar-refractivity contribution >= 4 is 45.4 Å². The van der Waals surface area contributed by atoms with Crippen LogP contribution < -0.4 is 28.4 Å². The second-order valence-corrected chi connectivity index (χ2v) is 13.2. The minimum absolute atomic E-state index is 0.243. The quantitative estimate of drug-likeness (QED) is 0.123. The molecule has 4 atom stereocenters. The van der Waals surface area contributed by atoms with Crippen molar-refractivity contribution in [2.24, 2.45) is 11.8 Å². The number of benzene rings is 6. The largest absolute Gasteiger partial charge is 0.482 e. The van der Waals surface area contributed by atoms with Crippen LogP contribution in [0.1, 0.15) is 23.0 Å². The molecule has 8 bridgehead atoms. The van der Waals surface area contributed by atoms with E-state index in [1.807, 2.05) is 60.7 Å². The zero-order chi connectivity index (χ0) is 35.1. The van der Waals surface area contributed by atoms with Gasteiger partial charge in [-0.05, 0) is 56.9 Å². The second-order valence-electron chi connectivity index (χ2n) is 13.2. The summed E-state index contributed by atoms with van der Waals surface area (Å²) in [5.74, 6) is -2.81. The first kappa shape index (κ1) is 30.2. The fourth-order valence-electron chi connectivity index (χ4n) is 8.18. The zero-order valence-corrected chi connectivity index (χ0v) is 27.2. The van der Waals surface area contributed by atoms with Crippen molar-refractivity contribution in [3.8, 4) is 45.6 Å². The molecule has 254 valence electrons. The molecule has 1 saturated carbocycles. The molecule has 0 spiro atoms. The van der Waals surface area contributed by atoms with Gasteiger partial charge in [-0.3, -0.25) is 9.59 Å². The van der Waals surface area contributed by atoms with Crippen LogP contribution in [-0.4, -0.2) is 37.1 Å². The molecule has 0 radical (unpaired) electrons. The fraction of sp³-hybridized carbons (Fsp3) is 0.143. The van der Waals surface area contributed by atoms with Gasteiger partial charge in [-0.25, -0.2) is 9.59 Å². The molecule has 12 rings (SSSR count). The van der Waals surface area contributed by atoms with E-state index < -0.39 is 48.9 Å². The van der Waals surface area contributed by atoms with Gasteiger partial charge >= 0.3 is 23.9 Å². The normalized spacial score (nSPS) is 21.6. The van der Waals surface area contributed by atoms with Crippen LogP contribution in [0, 0.1) is 11.8 Å². The Kier molecular flexibility index (Phi) is 6.63. The van der Waals surface area contributed by atoms with Gasteiger partial charge in [-0.1, -0.05) is 72.8 Å². The van der Waals surface area contributed by atoms with Crippen LogP contribution in [0.25, 0.3) is 32.7 Å². The van der Waals surface area contributed by atoms with Crippen LogP contribution in [0.3, 0.4) is 0 Å². The van der Waals surface area contributed by atoms with E-state index in [2.05, 4.69) is 0 Å². The Hall–Kier alpha value is -6.68. The Morgan fingerprint density at radius 2 is 0.865 bits per heavy atom. The van der Waals surface area contributed by atoms with Crippen molar-refractivity contribution in [1.29, 1.82) is 0 Å². The molecular weight excluding hydrogens is 664 g/mol. The Morgan fingerprint density at radius 1 is 0.423 bits per heavy atom. The maximum Gasteiger partial charge on any atom is 0.349 e. The molecular formula is C42H26O10. The molecule has 10 heteroatoms. The van der Waals surface area contributed by atoms with Crippen molar-refractivity contribution in [1.82, 2.24) is 0 Å². The van der Waals surface area contributed by atoms with Crippen LogP contribution >= 0.6 is 0 Å². The molecule has 10 nitrogen and oxygen atoms in total. The maximum atomic E-state index is 13.5. The number of rotatable bonds is 0. The number of fused-ring (bicyclic) bond motifs is 3. The van der Waals surface area contributed by atoms with Gasteiger partial charge < -0.3 is 28.4 Å². The minimum Gasteiger partial charge on any atom is -0.482 e. The summed E-state index contributed by atoms with van der Waals surface area (Å²) in [5.41, 5.74) is 2.60. The maximum absolute atomic E-state index is 13.5. The number of ether oxygens (including phenoxy) is 6. The first-order valence-corrected chi connectivity index (χ1v) is 16.8. The summed E-state index contributed by atoms with van der Waals surface area (Å²) in [7, 11) is 0. The predicted molar refractivity (Wildman–Crippen MR) is 186 cm³/mol. The van der Waals surface area contributed by atoms with Crippen molar-refractivity contribution in [2.75, 3.05) is 13.2 Å². The first-order valence-electron chi connectivity index (χ1n) is 16.8. The van der Waals surface area contributed by atoms with E-state index in [-0.39, 0.29) is 23.3 Å². The topological polar surface area (TPSA) is 124 Å².